The molecule has 1 amide bonds. The third-order valence-corrected chi connectivity index (χ3v) is 2.38. The lowest BCUT2D eigenvalue weighted by atomic mass is 10.1. The largest absolute Gasteiger partial charge is 0.454 e. The Hall–Kier alpha value is -2.15. The van der Waals surface area contributed by atoms with Gasteiger partial charge in [0.2, 0.25) is 6.79 Å². The summed E-state index contributed by atoms with van der Waals surface area (Å²) in [5, 5.41) is 0.924. The average molecular weight is 239 g/mol. The molecule has 0 unspecified atom stereocenters. The Morgan fingerprint density at radius 1 is 1.47 bits per heavy atom. The Bertz CT molecular complexity index is 449. The van der Waals surface area contributed by atoms with Crippen LogP contribution in [-0.2, 0) is 11.3 Å². The monoisotopic (exact) mass is 239 g/mol. The first-order valence-corrected chi connectivity index (χ1v) is 4.90. The van der Waals surface area contributed by atoms with Crippen LogP contribution in [0, 0.1) is 0 Å². The van der Waals surface area contributed by atoms with Crippen LogP contribution in [0.5, 0.6) is 11.5 Å². The van der Waals surface area contributed by atoms with E-state index in [9.17, 15) is 4.79 Å². The number of methoxy groups -OCH3 is 1. The van der Waals surface area contributed by atoms with E-state index in [0.717, 1.165) is 5.01 Å². The van der Waals surface area contributed by atoms with Crippen molar-refractivity contribution in [2.45, 2.75) is 6.54 Å². The number of hydrazine groups is 1. The molecule has 1 aliphatic rings. The van der Waals surface area contributed by atoms with Crippen molar-refractivity contribution in [2.24, 2.45) is 5.84 Å². The van der Waals surface area contributed by atoms with E-state index in [1.165, 1.54) is 7.11 Å². The summed E-state index contributed by atoms with van der Waals surface area (Å²) < 4.78 is 14.9. The van der Waals surface area contributed by atoms with Crippen LogP contribution in [0.2, 0.25) is 0 Å². The number of nitrogens with zero attached hydrogens (tertiary/aromatic N) is 1. The normalized spacial score (nSPS) is 12.4. The van der Waals surface area contributed by atoms with Gasteiger partial charge in [0.15, 0.2) is 11.5 Å². The van der Waals surface area contributed by atoms with E-state index in [4.69, 9.17) is 21.1 Å². The number of rotatable bonds is 2. The maximum atomic E-state index is 11.1. The average Bonchev–Trinajstić information content (AvgIpc) is 2.75. The van der Waals surface area contributed by atoms with Gasteiger partial charge in [-0.15, -0.1) is 0 Å². The number of hydrogen-bond donors (Lipinski definition) is 2. The molecular weight excluding hydrogens is 226 g/mol. The molecule has 0 bridgehead atoms. The summed E-state index contributed by atoms with van der Waals surface area (Å²) in [6.45, 7) is 0.302. The van der Waals surface area contributed by atoms with Gasteiger partial charge < -0.3 is 19.9 Å². The van der Waals surface area contributed by atoms with Crippen LogP contribution in [0.4, 0.5) is 10.5 Å². The summed E-state index contributed by atoms with van der Waals surface area (Å²) in [5.74, 6) is 6.69. The van der Waals surface area contributed by atoms with Gasteiger partial charge in [0.25, 0.3) is 0 Å². The predicted octanol–water partition coefficient (Wildman–Crippen LogP) is 0.440. The van der Waals surface area contributed by atoms with Crippen LogP contribution in [0.1, 0.15) is 5.56 Å². The van der Waals surface area contributed by atoms with Crippen molar-refractivity contribution >= 4 is 11.8 Å². The van der Waals surface area contributed by atoms with Crippen LogP contribution in [-0.4, -0.2) is 25.0 Å². The van der Waals surface area contributed by atoms with Gasteiger partial charge in [-0.3, -0.25) is 0 Å². The number of nitrogens with two attached hydrogens (primary N) is 2. The van der Waals surface area contributed by atoms with Crippen molar-refractivity contribution in [1.29, 1.82) is 0 Å². The molecule has 0 saturated carbocycles. The molecule has 92 valence electrons. The minimum absolute atomic E-state index is 0.134. The van der Waals surface area contributed by atoms with Crippen LogP contribution < -0.4 is 21.1 Å². The number of nitrogen functional groups attached to an aromatic ring is 1. The van der Waals surface area contributed by atoms with Crippen LogP contribution in [0.25, 0.3) is 0 Å². The van der Waals surface area contributed by atoms with E-state index in [-0.39, 0.29) is 13.3 Å². The minimum atomic E-state index is -0.637. The van der Waals surface area contributed by atoms with Gasteiger partial charge >= 0.3 is 6.09 Å². The summed E-state index contributed by atoms with van der Waals surface area (Å²) in [5.41, 5.74) is 6.96. The molecule has 1 aromatic rings. The lowest BCUT2D eigenvalue weighted by Gasteiger charge is -2.16. The molecule has 0 atom stereocenters. The molecule has 7 nitrogen and oxygen atoms in total. The molecule has 1 heterocycles. The SMILES string of the molecule is COC(=O)N(N)Cc1cc2c(cc1N)OCO2. The quantitative estimate of drug-likeness (QED) is 0.336. The lowest BCUT2D eigenvalue weighted by Crippen LogP contribution is -2.36. The fourth-order valence-corrected chi connectivity index (χ4v) is 1.50. The molecule has 0 radical (unpaired) electrons. The maximum Gasteiger partial charge on any atom is 0.424 e. The first-order valence-electron chi connectivity index (χ1n) is 4.90. The topological polar surface area (TPSA) is 100 Å². The Balaban J connectivity index is 2.19. The highest BCUT2D eigenvalue weighted by Crippen LogP contribution is 2.36. The summed E-state index contributed by atoms with van der Waals surface area (Å²) in [7, 11) is 1.26. The Morgan fingerprint density at radius 2 is 2.12 bits per heavy atom. The molecular formula is C10H13N3O4. The highest BCUT2D eigenvalue weighted by atomic mass is 16.7. The van der Waals surface area contributed by atoms with Gasteiger partial charge in [0.1, 0.15) is 0 Å². The molecule has 0 aliphatic carbocycles. The number of ether oxygens (including phenoxy) is 3. The molecule has 0 fully saturated rings. The molecule has 1 aliphatic heterocycles. The second-order valence-corrected chi connectivity index (χ2v) is 3.50. The van der Waals surface area contributed by atoms with Crippen molar-refractivity contribution in [2.75, 3.05) is 19.6 Å². The number of fused-ring (bicyclic) bond motifs is 1. The van der Waals surface area contributed by atoms with Gasteiger partial charge in [0, 0.05) is 17.3 Å². The van der Waals surface area contributed by atoms with Gasteiger partial charge in [-0.05, 0) is 6.07 Å². The van der Waals surface area contributed by atoms with Crippen molar-refractivity contribution in [1.82, 2.24) is 5.01 Å². The van der Waals surface area contributed by atoms with Crippen LogP contribution in [0.15, 0.2) is 12.1 Å². The molecule has 0 spiro atoms. The predicted molar refractivity (Wildman–Crippen MR) is 59.1 cm³/mol. The summed E-state index contributed by atoms with van der Waals surface area (Å²) in [6.07, 6.45) is -0.637. The van der Waals surface area contributed by atoms with Gasteiger partial charge in [0.05, 0.1) is 13.7 Å². The minimum Gasteiger partial charge on any atom is -0.454 e. The molecule has 2 rings (SSSR count). The molecule has 0 saturated heterocycles. The van der Waals surface area contributed by atoms with Gasteiger partial charge in [-0.1, -0.05) is 0 Å². The van der Waals surface area contributed by atoms with E-state index in [1.54, 1.807) is 12.1 Å². The van der Waals surface area contributed by atoms with E-state index in [2.05, 4.69) is 4.74 Å². The van der Waals surface area contributed by atoms with E-state index < -0.39 is 6.09 Å². The van der Waals surface area contributed by atoms with Crippen molar-refractivity contribution < 1.29 is 19.0 Å². The van der Waals surface area contributed by atoms with Crippen LogP contribution in [0.3, 0.4) is 0 Å². The number of anilines is 1. The lowest BCUT2D eigenvalue weighted by molar-refractivity contribution is 0.121. The van der Waals surface area contributed by atoms with Gasteiger partial charge in [-0.25, -0.2) is 15.6 Å². The standard InChI is InChI=1S/C10H13N3O4/c1-15-10(14)13(12)4-6-2-8-9(3-7(6)11)17-5-16-8/h2-3H,4-5,11-12H2,1H3. The second kappa shape index (κ2) is 4.38. The van der Waals surface area contributed by atoms with Crippen molar-refractivity contribution in [3.63, 3.8) is 0 Å². The summed E-state index contributed by atoms with van der Waals surface area (Å²) >= 11 is 0. The molecule has 7 heteroatoms. The van der Waals surface area contributed by atoms with Crippen molar-refractivity contribution in [3.8, 4) is 11.5 Å². The molecule has 0 aromatic heterocycles. The van der Waals surface area contributed by atoms with E-state index in [1.807, 2.05) is 0 Å². The number of carbonyl (C=O) groups excluding carboxylic acids is 1. The Labute approximate surface area is 97.8 Å². The zero-order valence-electron chi connectivity index (χ0n) is 9.30. The van der Waals surface area contributed by atoms with E-state index in [0.29, 0.717) is 22.7 Å². The summed E-state index contributed by atoms with van der Waals surface area (Å²) in [6, 6.07) is 3.34. The fourth-order valence-electron chi connectivity index (χ4n) is 1.50. The van der Waals surface area contributed by atoms with Gasteiger partial charge in [-0.2, -0.15) is 0 Å². The summed E-state index contributed by atoms with van der Waals surface area (Å²) in [4.78, 5) is 11.1. The third-order valence-electron chi connectivity index (χ3n) is 2.38. The second-order valence-electron chi connectivity index (χ2n) is 3.50. The van der Waals surface area contributed by atoms with E-state index >= 15 is 0 Å². The maximum absolute atomic E-state index is 11.1. The third kappa shape index (κ3) is 2.18. The Kier molecular flexibility index (Phi) is 2.92. The molecule has 17 heavy (non-hydrogen) atoms. The fraction of sp³-hybridized carbons (Fsp3) is 0.300. The number of benzene rings is 1. The number of hydrogen-bond acceptors (Lipinski definition) is 6. The zero-order valence-corrected chi connectivity index (χ0v) is 9.30. The highest BCUT2D eigenvalue weighted by Gasteiger charge is 2.18. The zero-order chi connectivity index (χ0) is 12.4. The highest BCUT2D eigenvalue weighted by molar-refractivity contribution is 5.67. The first-order chi connectivity index (χ1) is 8.11. The number of carbonyl (C=O) groups is 1. The van der Waals surface area contributed by atoms with Crippen molar-refractivity contribution in [3.05, 3.63) is 17.7 Å². The number of amides is 1. The Morgan fingerprint density at radius 3 is 2.76 bits per heavy atom. The smallest absolute Gasteiger partial charge is 0.424 e. The first kappa shape index (κ1) is 11.3. The molecule has 4 N–H and O–H groups in total. The van der Waals surface area contributed by atoms with Crippen LogP contribution >= 0.6 is 0 Å². The molecule has 1 aromatic carbocycles.